The summed E-state index contributed by atoms with van der Waals surface area (Å²) in [4.78, 5) is 21.5. The van der Waals surface area contributed by atoms with Crippen molar-refractivity contribution in [2.45, 2.75) is 57.5 Å². The molecule has 0 aliphatic heterocycles. The Labute approximate surface area is 108 Å². The lowest BCUT2D eigenvalue weighted by atomic mass is 9.98. The maximum Gasteiger partial charge on any atom is 0.303 e. The number of rotatable bonds is 8. The average Bonchev–Trinajstić information content (AvgIpc) is 2.37. The van der Waals surface area contributed by atoms with Gasteiger partial charge in [0.25, 0.3) is 0 Å². The molecule has 0 aromatic carbocycles. The molecule has 1 fully saturated rings. The van der Waals surface area contributed by atoms with Crippen LogP contribution in [0.4, 0.5) is 0 Å². The van der Waals surface area contributed by atoms with Crippen molar-refractivity contribution in [3.63, 3.8) is 0 Å². The van der Waals surface area contributed by atoms with Gasteiger partial charge in [-0.3, -0.25) is 9.59 Å². The van der Waals surface area contributed by atoms with E-state index in [-0.39, 0.29) is 18.7 Å². The van der Waals surface area contributed by atoms with E-state index in [9.17, 15) is 9.59 Å². The smallest absolute Gasteiger partial charge is 0.303 e. The lowest BCUT2D eigenvalue weighted by Crippen LogP contribution is -2.26. The van der Waals surface area contributed by atoms with Crippen LogP contribution in [0.3, 0.4) is 0 Å². The summed E-state index contributed by atoms with van der Waals surface area (Å²) in [5, 5.41) is 11.1. The predicted molar refractivity (Wildman–Crippen MR) is 67.3 cm³/mol. The zero-order valence-electron chi connectivity index (χ0n) is 10.8. The van der Waals surface area contributed by atoms with E-state index < -0.39 is 5.97 Å². The fourth-order valence-corrected chi connectivity index (χ4v) is 2.09. The van der Waals surface area contributed by atoms with Crippen LogP contribution in [0.5, 0.6) is 0 Å². The molecule has 1 amide bonds. The van der Waals surface area contributed by atoms with Gasteiger partial charge in [-0.15, -0.1) is 0 Å². The van der Waals surface area contributed by atoms with Crippen molar-refractivity contribution in [3.05, 3.63) is 0 Å². The number of aliphatic carboxylic acids is 1. The van der Waals surface area contributed by atoms with Gasteiger partial charge in [0.1, 0.15) is 0 Å². The molecule has 0 aromatic heterocycles. The third-order valence-corrected chi connectivity index (χ3v) is 3.11. The van der Waals surface area contributed by atoms with Crippen LogP contribution in [0.25, 0.3) is 0 Å². The molecule has 1 saturated carbocycles. The summed E-state index contributed by atoms with van der Waals surface area (Å²) in [7, 11) is 0. The summed E-state index contributed by atoms with van der Waals surface area (Å²) in [6, 6.07) is 0. The van der Waals surface area contributed by atoms with Crippen molar-refractivity contribution in [1.29, 1.82) is 0 Å². The van der Waals surface area contributed by atoms with E-state index in [1.807, 2.05) is 0 Å². The highest BCUT2D eigenvalue weighted by Gasteiger charge is 2.13. The summed E-state index contributed by atoms with van der Waals surface area (Å²) in [6.07, 6.45) is 7.29. The second-order valence-electron chi connectivity index (χ2n) is 4.73. The average molecular weight is 257 g/mol. The van der Waals surface area contributed by atoms with E-state index in [0.29, 0.717) is 19.3 Å². The molecule has 0 saturated heterocycles. The molecule has 0 aromatic rings. The first-order valence-electron chi connectivity index (χ1n) is 6.78. The van der Waals surface area contributed by atoms with Crippen molar-refractivity contribution in [3.8, 4) is 0 Å². The molecule has 0 spiro atoms. The highest BCUT2D eigenvalue weighted by molar-refractivity contribution is 5.80. The quantitative estimate of drug-likeness (QED) is 0.649. The topological polar surface area (TPSA) is 75.6 Å². The van der Waals surface area contributed by atoms with Gasteiger partial charge in [0.2, 0.25) is 5.91 Å². The van der Waals surface area contributed by atoms with E-state index in [1.54, 1.807) is 0 Å². The summed E-state index contributed by atoms with van der Waals surface area (Å²) in [5.41, 5.74) is 0. The normalized spacial score (nSPS) is 16.4. The second kappa shape index (κ2) is 8.91. The molecule has 18 heavy (non-hydrogen) atoms. The van der Waals surface area contributed by atoms with Crippen LogP contribution in [-0.2, 0) is 14.3 Å². The Morgan fingerprint density at radius 3 is 2.56 bits per heavy atom. The number of hydrogen-bond acceptors (Lipinski definition) is 3. The minimum Gasteiger partial charge on any atom is -0.481 e. The first-order valence-corrected chi connectivity index (χ1v) is 6.78. The standard InChI is InChI=1S/C13H23NO4/c15-12(7-8-13(16)17)14-9-4-10-18-11-5-2-1-3-6-11/h11H,1-10H2,(H,14,15)(H,16,17). The zero-order chi connectivity index (χ0) is 13.2. The lowest BCUT2D eigenvalue weighted by Gasteiger charge is -2.21. The molecular formula is C13H23NO4. The van der Waals surface area contributed by atoms with Crippen molar-refractivity contribution in [2.24, 2.45) is 0 Å². The van der Waals surface area contributed by atoms with Crippen molar-refractivity contribution < 1.29 is 19.4 Å². The molecule has 1 rings (SSSR count). The summed E-state index contributed by atoms with van der Waals surface area (Å²) in [5.74, 6) is -1.14. The Hall–Kier alpha value is -1.10. The fraction of sp³-hybridized carbons (Fsp3) is 0.846. The molecule has 5 heteroatoms. The molecule has 0 heterocycles. The van der Waals surface area contributed by atoms with Gasteiger partial charge in [-0.25, -0.2) is 0 Å². The van der Waals surface area contributed by atoms with Gasteiger partial charge in [-0.2, -0.15) is 0 Å². The number of carboxylic acids is 1. The number of ether oxygens (including phenoxy) is 1. The van der Waals surface area contributed by atoms with E-state index in [2.05, 4.69) is 5.32 Å². The molecule has 2 N–H and O–H groups in total. The van der Waals surface area contributed by atoms with Gasteiger partial charge < -0.3 is 15.2 Å². The molecule has 104 valence electrons. The monoisotopic (exact) mass is 257 g/mol. The molecule has 0 unspecified atom stereocenters. The Balaban J connectivity index is 1.91. The van der Waals surface area contributed by atoms with Crippen LogP contribution < -0.4 is 5.32 Å². The predicted octanol–water partition coefficient (Wildman–Crippen LogP) is 1.71. The number of amides is 1. The van der Waals surface area contributed by atoms with Gasteiger partial charge in [0, 0.05) is 19.6 Å². The van der Waals surface area contributed by atoms with Crippen LogP contribution >= 0.6 is 0 Å². The molecule has 0 bridgehead atoms. The van der Waals surface area contributed by atoms with Crippen molar-refractivity contribution in [1.82, 2.24) is 5.32 Å². The number of carboxylic acid groups (broad SMARTS) is 1. The summed E-state index contributed by atoms with van der Waals surface area (Å²) in [6.45, 7) is 1.23. The van der Waals surface area contributed by atoms with Gasteiger partial charge in [-0.1, -0.05) is 19.3 Å². The molecule has 0 atom stereocenters. The van der Waals surface area contributed by atoms with Crippen LogP contribution in [0.15, 0.2) is 0 Å². The zero-order valence-corrected chi connectivity index (χ0v) is 10.8. The maximum absolute atomic E-state index is 11.2. The van der Waals surface area contributed by atoms with Crippen LogP contribution in [0.2, 0.25) is 0 Å². The van der Waals surface area contributed by atoms with Gasteiger partial charge >= 0.3 is 5.97 Å². The summed E-state index contributed by atoms with van der Waals surface area (Å²) >= 11 is 0. The highest BCUT2D eigenvalue weighted by atomic mass is 16.5. The Kier molecular flexibility index (Phi) is 7.41. The second-order valence-corrected chi connectivity index (χ2v) is 4.73. The highest BCUT2D eigenvalue weighted by Crippen LogP contribution is 2.20. The number of hydrogen-bond donors (Lipinski definition) is 2. The first-order chi connectivity index (χ1) is 8.68. The summed E-state index contributed by atoms with van der Waals surface area (Å²) < 4.78 is 5.72. The molecular weight excluding hydrogens is 234 g/mol. The number of carbonyl (C=O) groups excluding carboxylic acids is 1. The van der Waals surface area contributed by atoms with E-state index in [4.69, 9.17) is 9.84 Å². The Bertz CT molecular complexity index is 262. The van der Waals surface area contributed by atoms with Crippen LogP contribution in [0, 0.1) is 0 Å². The Morgan fingerprint density at radius 1 is 1.17 bits per heavy atom. The lowest BCUT2D eigenvalue weighted by molar-refractivity contribution is -0.138. The van der Waals surface area contributed by atoms with Crippen molar-refractivity contribution in [2.75, 3.05) is 13.2 Å². The largest absolute Gasteiger partial charge is 0.481 e. The first kappa shape index (κ1) is 15.0. The number of nitrogens with one attached hydrogen (secondary N) is 1. The number of carbonyl (C=O) groups is 2. The SMILES string of the molecule is O=C(O)CCC(=O)NCCCOC1CCCCC1. The van der Waals surface area contributed by atoms with Gasteiger partial charge in [0.15, 0.2) is 0 Å². The van der Waals surface area contributed by atoms with Crippen molar-refractivity contribution >= 4 is 11.9 Å². The molecule has 5 nitrogen and oxygen atoms in total. The van der Waals surface area contributed by atoms with Crippen LogP contribution in [0.1, 0.15) is 51.4 Å². The van der Waals surface area contributed by atoms with E-state index >= 15 is 0 Å². The molecule has 1 aliphatic carbocycles. The van der Waals surface area contributed by atoms with Crippen LogP contribution in [-0.4, -0.2) is 36.2 Å². The fourth-order valence-electron chi connectivity index (χ4n) is 2.09. The Morgan fingerprint density at radius 2 is 1.89 bits per heavy atom. The molecule has 1 aliphatic rings. The minimum atomic E-state index is -0.939. The van der Waals surface area contributed by atoms with Gasteiger partial charge in [-0.05, 0) is 19.3 Å². The third kappa shape index (κ3) is 7.27. The maximum atomic E-state index is 11.2. The van der Waals surface area contributed by atoms with E-state index in [0.717, 1.165) is 19.3 Å². The minimum absolute atomic E-state index is 0.0544. The molecule has 0 radical (unpaired) electrons. The third-order valence-electron chi connectivity index (χ3n) is 3.11. The van der Waals surface area contributed by atoms with E-state index in [1.165, 1.54) is 19.3 Å². The van der Waals surface area contributed by atoms with Gasteiger partial charge in [0.05, 0.1) is 12.5 Å².